The Morgan fingerprint density at radius 1 is 1.35 bits per heavy atom. The van der Waals surface area contributed by atoms with Crippen LogP contribution in [0.3, 0.4) is 0 Å². The first-order chi connectivity index (χ1) is 9.47. The van der Waals surface area contributed by atoms with Crippen LogP contribution in [-0.2, 0) is 16.1 Å². The van der Waals surface area contributed by atoms with Crippen molar-refractivity contribution < 1.29 is 19.1 Å². The lowest BCUT2D eigenvalue weighted by molar-refractivity contribution is -0.134. The molecule has 1 atom stereocenters. The summed E-state index contributed by atoms with van der Waals surface area (Å²) in [5.74, 6) is 1.05. The first-order valence-corrected chi connectivity index (χ1v) is 6.38. The average molecular weight is 278 g/mol. The van der Waals surface area contributed by atoms with E-state index in [0.717, 1.165) is 5.56 Å². The van der Waals surface area contributed by atoms with Crippen LogP contribution in [0.2, 0.25) is 0 Å². The van der Waals surface area contributed by atoms with E-state index in [1.165, 1.54) is 6.92 Å². The van der Waals surface area contributed by atoms with E-state index in [-0.39, 0.29) is 18.6 Å². The third-order valence-corrected chi connectivity index (χ3v) is 3.02. The van der Waals surface area contributed by atoms with Crippen LogP contribution in [0, 0.1) is 0 Å². The number of carbonyl (C=O) groups is 2. The zero-order valence-electron chi connectivity index (χ0n) is 11.8. The lowest BCUT2D eigenvalue weighted by atomic mass is 10.2. The van der Waals surface area contributed by atoms with Crippen molar-refractivity contribution in [1.82, 2.24) is 10.2 Å². The number of likely N-dealkylation sites (N-methyl/N-ethyl adjacent to an activating group) is 1. The maximum atomic E-state index is 12.1. The van der Waals surface area contributed by atoms with Crippen molar-refractivity contribution in [3.05, 3.63) is 23.8 Å². The van der Waals surface area contributed by atoms with E-state index in [9.17, 15) is 9.59 Å². The van der Waals surface area contributed by atoms with Crippen molar-refractivity contribution in [2.45, 2.75) is 26.4 Å². The molecule has 1 aromatic carbocycles. The van der Waals surface area contributed by atoms with Gasteiger partial charge in [-0.05, 0) is 24.6 Å². The second-order valence-corrected chi connectivity index (χ2v) is 4.80. The molecule has 0 spiro atoms. The lowest BCUT2D eigenvalue weighted by Crippen LogP contribution is -2.44. The molecule has 1 N–H and O–H groups in total. The fourth-order valence-corrected chi connectivity index (χ4v) is 2.09. The summed E-state index contributed by atoms with van der Waals surface area (Å²) in [5, 5.41) is 2.58. The van der Waals surface area contributed by atoms with Crippen LogP contribution < -0.4 is 14.8 Å². The minimum Gasteiger partial charge on any atom is -0.454 e. The van der Waals surface area contributed by atoms with Gasteiger partial charge in [0.05, 0.1) is 0 Å². The number of benzene rings is 1. The first-order valence-electron chi connectivity index (χ1n) is 6.38. The topological polar surface area (TPSA) is 67.9 Å². The third kappa shape index (κ3) is 3.20. The lowest BCUT2D eigenvalue weighted by Gasteiger charge is -2.22. The van der Waals surface area contributed by atoms with Crippen LogP contribution in [0.15, 0.2) is 18.2 Å². The highest BCUT2D eigenvalue weighted by molar-refractivity contribution is 5.86. The third-order valence-electron chi connectivity index (χ3n) is 3.02. The van der Waals surface area contributed by atoms with Gasteiger partial charge in [0.1, 0.15) is 6.04 Å². The van der Waals surface area contributed by atoms with E-state index < -0.39 is 6.04 Å². The highest BCUT2D eigenvalue weighted by atomic mass is 16.7. The summed E-state index contributed by atoms with van der Waals surface area (Å²) in [6, 6.07) is 5.04. The second kappa shape index (κ2) is 5.81. The van der Waals surface area contributed by atoms with Gasteiger partial charge in [0.2, 0.25) is 18.6 Å². The Hall–Kier alpha value is -2.24. The van der Waals surface area contributed by atoms with Crippen molar-refractivity contribution in [1.29, 1.82) is 0 Å². The molecule has 6 heteroatoms. The molecule has 0 fully saturated rings. The zero-order valence-corrected chi connectivity index (χ0v) is 11.8. The molecule has 2 rings (SSSR count). The van der Waals surface area contributed by atoms with Gasteiger partial charge in [-0.3, -0.25) is 9.59 Å². The highest BCUT2D eigenvalue weighted by Gasteiger charge is 2.19. The van der Waals surface area contributed by atoms with Crippen LogP contribution in [-0.4, -0.2) is 36.6 Å². The molecule has 2 amide bonds. The molecule has 6 nitrogen and oxygen atoms in total. The Morgan fingerprint density at radius 3 is 2.75 bits per heavy atom. The summed E-state index contributed by atoms with van der Waals surface area (Å²) in [7, 11) is 1.70. The Kier molecular flexibility index (Phi) is 4.12. The normalized spacial score (nSPS) is 13.8. The second-order valence-electron chi connectivity index (χ2n) is 4.80. The van der Waals surface area contributed by atoms with Gasteiger partial charge in [-0.1, -0.05) is 6.07 Å². The van der Waals surface area contributed by atoms with Crippen molar-refractivity contribution in [2.24, 2.45) is 0 Å². The van der Waals surface area contributed by atoms with Gasteiger partial charge in [0.25, 0.3) is 0 Å². The van der Waals surface area contributed by atoms with Gasteiger partial charge in [-0.15, -0.1) is 0 Å². The molecule has 0 bridgehead atoms. The Labute approximate surface area is 117 Å². The van der Waals surface area contributed by atoms with Gasteiger partial charge in [-0.25, -0.2) is 0 Å². The van der Waals surface area contributed by atoms with E-state index >= 15 is 0 Å². The first kappa shape index (κ1) is 14.2. The number of hydrogen-bond donors (Lipinski definition) is 1. The number of hydrogen-bond acceptors (Lipinski definition) is 4. The molecule has 0 saturated carbocycles. The number of ether oxygens (including phenoxy) is 2. The Morgan fingerprint density at radius 2 is 2.05 bits per heavy atom. The molecule has 1 unspecified atom stereocenters. The van der Waals surface area contributed by atoms with E-state index in [2.05, 4.69) is 5.32 Å². The molecule has 1 aromatic rings. The summed E-state index contributed by atoms with van der Waals surface area (Å²) >= 11 is 0. The number of nitrogens with zero attached hydrogens (tertiary/aromatic N) is 1. The van der Waals surface area contributed by atoms with Crippen molar-refractivity contribution >= 4 is 11.8 Å². The summed E-state index contributed by atoms with van der Waals surface area (Å²) < 4.78 is 10.5. The smallest absolute Gasteiger partial charge is 0.244 e. The maximum absolute atomic E-state index is 12.1. The molecule has 0 aromatic heterocycles. The maximum Gasteiger partial charge on any atom is 0.244 e. The van der Waals surface area contributed by atoms with E-state index in [4.69, 9.17) is 9.47 Å². The van der Waals surface area contributed by atoms with Gasteiger partial charge < -0.3 is 19.7 Å². The monoisotopic (exact) mass is 278 g/mol. The minimum absolute atomic E-state index is 0.141. The summed E-state index contributed by atoms with van der Waals surface area (Å²) in [6.45, 7) is 3.73. The number of carbonyl (C=O) groups excluding carboxylic acids is 2. The van der Waals surface area contributed by atoms with Crippen LogP contribution in [0.1, 0.15) is 19.4 Å². The van der Waals surface area contributed by atoms with Gasteiger partial charge in [0.15, 0.2) is 11.5 Å². The largest absolute Gasteiger partial charge is 0.454 e. The summed E-state index contributed by atoms with van der Waals surface area (Å²) in [6.07, 6.45) is 0. The zero-order chi connectivity index (χ0) is 14.7. The van der Waals surface area contributed by atoms with Crippen molar-refractivity contribution in [3.8, 4) is 11.5 Å². The quantitative estimate of drug-likeness (QED) is 0.888. The van der Waals surface area contributed by atoms with Crippen molar-refractivity contribution in [2.75, 3.05) is 13.8 Å². The van der Waals surface area contributed by atoms with Gasteiger partial charge in [-0.2, -0.15) is 0 Å². The summed E-state index contributed by atoms with van der Waals surface area (Å²) in [4.78, 5) is 24.6. The Balaban J connectivity index is 1.98. The van der Waals surface area contributed by atoms with E-state index in [1.54, 1.807) is 18.9 Å². The SMILES string of the molecule is CC(=O)NC(C)C(=O)N(C)Cc1ccc2c(c1)OCO2. The number of rotatable bonds is 4. The van der Waals surface area contributed by atoms with Gasteiger partial charge >= 0.3 is 0 Å². The highest BCUT2D eigenvalue weighted by Crippen LogP contribution is 2.32. The molecule has 0 radical (unpaired) electrons. The molecule has 0 aliphatic carbocycles. The number of nitrogens with one attached hydrogen (secondary N) is 1. The predicted octanol–water partition coefficient (Wildman–Crippen LogP) is 0.898. The molecule has 20 heavy (non-hydrogen) atoms. The van der Waals surface area contributed by atoms with E-state index in [0.29, 0.717) is 18.0 Å². The number of fused-ring (bicyclic) bond motifs is 1. The van der Waals surface area contributed by atoms with Gasteiger partial charge in [0, 0.05) is 20.5 Å². The van der Waals surface area contributed by atoms with Crippen LogP contribution in [0.4, 0.5) is 0 Å². The van der Waals surface area contributed by atoms with Crippen molar-refractivity contribution in [3.63, 3.8) is 0 Å². The molecule has 108 valence electrons. The fraction of sp³-hybridized carbons (Fsp3) is 0.429. The van der Waals surface area contributed by atoms with E-state index in [1.807, 2.05) is 18.2 Å². The van der Waals surface area contributed by atoms with Crippen LogP contribution >= 0.6 is 0 Å². The predicted molar refractivity (Wildman–Crippen MR) is 72.3 cm³/mol. The molecule has 1 heterocycles. The fourth-order valence-electron chi connectivity index (χ4n) is 2.09. The molecule has 1 aliphatic rings. The molecule has 1 aliphatic heterocycles. The standard InChI is InChI=1S/C14H18N2O4/c1-9(15-10(2)17)14(18)16(3)7-11-4-5-12-13(6-11)20-8-19-12/h4-6,9H,7-8H2,1-3H3,(H,15,17). The average Bonchev–Trinajstić information content (AvgIpc) is 2.84. The molecular weight excluding hydrogens is 260 g/mol. The molecular formula is C14H18N2O4. The van der Waals surface area contributed by atoms with Crippen LogP contribution in [0.25, 0.3) is 0 Å². The minimum atomic E-state index is -0.536. The summed E-state index contributed by atoms with van der Waals surface area (Å²) in [5.41, 5.74) is 0.945. The molecule has 0 saturated heterocycles. The number of amides is 2. The Bertz CT molecular complexity index is 530. The van der Waals surface area contributed by atoms with Crippen LogP contribution in [0.5, 0.6) is 11.5 Å².